The number of hydrogen-bond acceptors (Lipinski definition) is 4. The lowest BCUT2D eigenvalue weighted by molar-refractivity contribution is 0.256. The number of rotatable bonds is 3. The van der Waals surface area contributed by atoms with Gasteiger partial charge in [-0.25, -0.2) is 4.98 Å². The first-order valence-corrected chi connectivity index (χ1v) is 7.23. The summed E-state index contributed by atoms with van der Waals surface area (Å²) in [6, 6.07) is 0. The van der Waals surface area contributed by atoms with Crippen LogP contribution >= 0.6 is 11.3 Å². The number of aromatic nitrogens is 1. The maximum atomic E-state index is 9.52. The highest BCUT2D eigenvalue weighted by Gasteiger charge is 2.46. The molecule has 1 unspecified atom stereocenters. The van der Waals surface area contributed by atoms with Crippen molar-refractivity contribution in [3.05, 3.63) is 15.6 Å². The fourth-order valence-corrected chi connectivity index (χ4v) is 4.26. The Morgan fingerprint density at radius 3 is 2.82 bits per heavy atom. The molecule has 1 saturated heterocycles. The highest BCUT2D eigenvalue weighted by atomic mass is 32.1. The molecule has 0 radical (unpaired) electrons. The molecule has 0 spiro atoms. The third-order valence-corrected chi connectivity index (χ3v) is 5.76. The second-order valence-electron chi connectivity index (χ2n) is 5.65. The Hall–Kier alpha value is -0.450. The van der Waals surface area contributed by atoms with E-state index in [2.05, 4.69) is 18.9 Å². The van der Waals surface area contributed by atoms with E-state index in [1.165, 1.54) is 22.9 Å². The number of aliphatic hydroxyl groups is 1. The Labute approximate surface area is 106 Å². The molecule has 3 rings (SSSR count). The fourth-order valence-electron chi connectivity index (χ4n) is 2.83. The summed E-state index contributed by atoms with van der Waals surface area (Å²) in [6.45, 7) is 4.71. The van der Waals surface area contributed by atoms with Crippen molar-refractivity contribution in [3.8, 4) is 0 Å². The molecule has 1 aromatic heterocycles. The van der Waals surface area contributed by atoms with E-state index < -0.39 is 0 Å². The number of hydrogen-bond donors (Lipinski definition) is 1. The fraction of sp³-hybridized carbons (Fsp3) is 0.769. The van der Waals surface area contributed by atoms with Crippen LogP contribution in [0.5, 0.6) is 0 Å². The van der Waals surface area contributed by atoms with Gasteiger partial charge in [0.25, 0.3) is 0 Å². The Kier molecular flexibility index (Phi) is 2.76. The normalized spacial score (nSPS) is 27.6. The van der Waals surface area contributed by atoms with Crippen LogP contribution in [0.4, 0.5) is 0 Å². The average molecular weight is 252 g/mol. The van der Waals surface area contributed by atoms with Gasteiger partial charge in [-0.15, -0.1) is 11.3 Å². The van der Waals surface area contributed by atoms with Gasteiger partial charge in [0, 0.05) is 22.8 Å². The average Bonchev–Trinajstić information content (AvgIpc) is 2.83. The van der Waals surface area contributed by atoms with Gasteiger partial charge in [-0.1, -0.05) is 0 Å². The van der Waals surface area contributed by atoms with Crippen molar-refractivity contribution in [2.45, 2.75) is 37.5 Å². The number of thiazole rings is 1. The molecule has 2 aliphatic rings. The third kappa shape index (κ3) is 1.92. The lowest BCUT2D eigenvalue weighted by Gasteiger charge is -2.09. The van der Waals surface area contributed by atoms with Gasteiger partial charge in [-0.2, -0.15) is 0 Å². The van der Waals surface area contributed by atoms with Crippen molar-refractivity contribution in [2.75, 3.05) is 26.7 Å². The minimum Gasteiger partial charge on any atom is -0.395 e. The predicted octanol–water partition coefficient (Wildman–Crippen LogP) is 1.89. The van der Waals surface area contributed by atoms with Crippen LogP contribution in [0.15, 0.2) is 0 Å². The van der Waals surface area contributed by atoms with E-state index in [1.54, 1.807) is 0 Å². The smallest absolute Gasteiger partial charge is 0.0975 e. The van der Waals surface area contributed by atoms with Crippen LogP contribution in [-0.2, 0) is 5.41 Å². The van der Waals surface area contributed by atoms with Crippen molar-refractivity contribution in [2.24, 2.45) is 0 Å². The number of likely N-dealkylation sites (tertiary alicyclic amines) is 1. The van der Waals surface area contributed by atoms with Gasteiger partial charge in [-0.05, 0) is 39.8 Å². The summed E-state index contributed by atoms with van der Waals surface area (Å²) >= 11 is 1.86. The molecular formula is C13H20N2OS. The molecule has 4 heteroatoms. The molecule has 2 heterocycles. The van der Waals surface area contributed by atoms with Crippen molar-refractivity contribution in [1.82, 2.24) is 9.88 Å². The van der Waals surface area contributed by atoms with E-state index in [4.69, 9.17) is 4.98 Å². The van der Waals surface area contributed by atoms with Crippen LogP contribution < -0.4 is 0 Å². The minimum absolute atomic E-state index is 0.0878. The molecule has 17 heavy (non-hydrogen) atoms. The molecule has 0 amide bonds. The van der Waals surface area contributed by atoms with Gasteiger partial charge < -0.3 is 10.0 Å². The summed E-state index contributed by atoms with van der Waals surface area (Å²) in [5.74, 6) is 0.618. The summed E-state index contributed by atoms with van der Waals surface area (Å²) in [5.41, 5.74) is 1.25. The van der Waals surface area contributed by atoms with E-state index in [1.807, 2.05) is 11.3 Å². The Morgan fingerprint density at radius 1 is 1.53 bits per heavy atom. The lowest BCUT2D eigenvalue weighted by atomic mass is 10.1. The molecule has 2 fully saturated rings. The Bertz CT molecular complexity index is 425. The summed E-state index contributed by atoms with van der Waals surface area (Å²) in [6.07, 6.45) is 3.50. The summed E-state index contributed by atoms with van der Waals surface area (Å²) < 4.78 is 0. The highest BCUT2D eigenvalue weighted by Crippen LogP contribution is 2.51. The molecule has 0 aromatic carbocycles. The number of nitrogens with zero attached hydrogens (tertiary/aromatic N) is 2. The monoisotopic (exact) mass is 252 g/mol. The topological polar surface area (TPSA) is 36.4 Å². The van der Waals surface area contributed by atoms with Gasteiger partial charge in [-0.3, -0.25) is 0 Å². The van der Waals surface area contributed by atoms with E-state index in [9.17, 15) is 5.11 Å². The van der Waals surface area contributed by atoms with Gasteiger partial charge >= 0.3 is 0 Å². The van der Waals surface area contributed by atoms with Gasteiger partial charge in [0.05, 0.1) is 17.3 Å². The van der Waals surface area contributed by atoms with E-state index >= 15 is 0 Å². The first kappa shape index (κ1) is 11.6. The largest absolute Gasteiger partial charge is 0.395 e. The van der Waals surface area contributed by atoms with Gasteiger partial charge in [0.1, 0.15) is 0 Å². The van der Waals surface area contributed by atoms with Crippen LogP contribution in [0.1, 0.15) is 40.8 Å². The number of aliphatic hydroxyl groups excluding tert-OH is 1. The summed E-state index contributed by atoms with van der Waals surface area (Å²) in [4.78, 5) is 8.49. The molecule has 1 aliphatic heterocycles. The lowest BCUT2D eigenvalue weighted by Crippen LogP contribution is -2.13. The summed E-state index contributed by atoms with van der Waals surface area (Å²) in [7, 11) is 2.18. The van der Waals surface area contributed by atoms with Crippen LogP contribution in [0.3, 0.4) is 0 Å². The van der Waals surface area contributed by atoms with Crippen LogP contribution in [0.2, 0.25) is 0 Å². The van der Waals surface area contributed by atoms with E-state index in [-0.39, 0.29) is 5.41 Å². The number of likely N-dealkylation sites (N-methyl/N-ethyl adjacent to an activating group) is 1. The molecule has 1 aliphatic carbocycles. The SMILES string of the molecule is Cc1nc(C2CCN(C)C2)sc1C1(CO)CC1. The molecule has 0 bridgehead atoms. The Balaban J connectivity index is 1.86. The maximum absolute atomic E-state index is 9.52. The van der Waals surface area contributed by atoms with Crippen LogP contribution in [0.25, 0.3) is 0 Å². The Morgan fingerprint density at radius 2 is 2.29 bits per heavy atom. The zero-order chi connectivity index (χ0) is 12.0. The molecule has 1 atom stereocenters. The second kappa shape index (κ2) is 4.04. The van der Waals surface area contributed by atoms with Crippen LogP contribution in [-0.4, -0.2) is 41.7 Å². The first-order valence-electron chi connectivity index (χ1n) is 6.42. The molecular weight excluding hydrogens is 232 g/mol. The maximum Gasteiger partial charge on any atom is 0.0975 e. The predicted molar refractivity (Wildman–Crippen MR) is 69.7 cm³/mol. The zero-order valence-electron chi connectivity index (χ0n) is 10.6. The van der Waals surface area contributed by atoms with Crippen molar-refractivity contribution < 1.29 is 5.11 Å². The molecule has 3 nitrogen and oxygen atoms in total. The first-order chi connectivity index (χ1) is 8.14. The minimum atomic E-state index is 0.0878. The van der Waals surface area contributed by atoms with E-state index in [0.29, 0.717) is 12.5 Å². The second-order valence-corrected chi connectivity index (χ2v) is 6.68. The molecule has 1 aromatic rings. The zero-order valence-corrected chi connectivity index (χ0v) is 11.4. The van der Waals surface area contributed by atoms with Gasteiger partial charge in [0.15, 0.2) is 0 Å². The van der Waals surface area contributed by atoms with Crippen molar-refractivity contribution in [1.29, 1.82) is 0 Å². The third-order valence-electron chi connectivity index (χ3n) is 4.19. The highest BCUT2D eigenvalue weighted by molar-refractivity contribution is 7.12. The van der Waals surface area contributed by atoms with Crippen molar-refractivity contribution >= 4 is 11.3 Å². The van der Waals surface area contributed by atoms with Crippen molar-refractivity contribution in [3.63, 3.8) is 0 Å². The standard InChI is InChI=1S/C13H20N2OS/c1-9-11(13(8-16)4-5-13)17-12(14-9)10-3-6-15(2)7-10/h10,16H,3-8H2,1-2H3. The molecule has 94 valence electrons. The quantitative estimate of drug-likeness (QED) is 0.892. The summed E-state index contributed by atoms with van der Waals surface area (Å²) in [5, 5.41) is 10.8. The van der Waals surface area contributed by atoms with Gasteiger partial charge in [0.2, 0.25) is 0 Å². The van der Waals surface area contributed by atoms with E-state index in [0.717, 1.165) is 25.1 Å². The van der Waals surface area contributed by atoms with Crippen LogP contribution in [0, 0.1) is 6.92 Å². The number of aryl methyl sites for hydroxylation is 1. The molecule has 1 N–H and O–H groups in total. The molecule has 1 saturated carbocycles.